The van der Waals surface area contributed by atoms with Crippen LogP contribution in [-0.4, -0.2) is 39.6 Å². The summed E-state index contributed by atoms with van der Waals surface area (Å²) in [5.41, 5.74) is -1.66. The van der Waals surface area contributed by atoms with Crippen molar-refractivity contribution in [3.8, 4) is 5.75 Å². The van der Waals surface area contributed by atoms with Gasteiger partial charge < -0.3 is 24.9 Å². The van der Waals surface area contributed by atoms with Crippen molar-refractivity contribution in [1.82, 2.24) is 15.3 Å². The minimum atomic E-state index is -1.09. The molecule has 1 fully saturated rings. The molecule has 1 aliphatic carbocycles. The van der Waals surface area contributed by atoms with Crippen LogP contribution in [0.4, 0.5) is 4.79 Å². The van der Waals surface area contributed by atoms with E-state index in [2.05, 4.69) is 15.3 Å². The Labute approximate surface area is 190 Å². The second-order valence-electron chi connectivity index (χ2n) is 7.70. The zero-order valence-electron chi connectivity index (χ0n) is 17.7. The van der Waals surface area contributed by atoms with Crippen molar-refractivity contribution in [1.29, 1.82) is 0 Å². The summed E-state index contributed by atoms with van der Waals surface area (Å²) in [5.74, 6) is -0.965. The molecule has 3 N–H and O–H groups in total. The van der Waals surface area contributed by atoms with Crippen LogP contribution in [0.5, 0.6) is 5.75 Å². The number of esters is 1. The fourth-order valence-electron chi connectivity index (χ4n) is 3.74. The summed E-state index contributed by atoms with van der Waals surface area (Å²) < 4.78 is 10.3. The molecule has 0 spiro atoms. The number of ether oxygens (including phenoxy) is 2. The van der Waals surface area contributed by atoms with E-state index in [-0.39, 0.29) is 25.0 Å². The van der Waals surface area contributed by atoms with Crippen LogP contribution in [0.1, 0.15) is 54.5 Å². The van der Waals surface area contributed by atoms with Crippen LogP contribution < -0.4 is 10.9 Å². The first kappa shape index (κ1) is 23.6. The van der Waals surface area contributed by atoms with Crippen molar-refractivity contribution in [2.24, 2.45) is 5.92 Å². The second kappa shape index (κ2) is 10.5. The van der Waals surface area contributed by atoms with Crippen LogP contribution >= 0.6 is 11.6 Å². The summed E-state index contributed by atoms with van der Waals surface area (Å²) in [4.78, 5) is 43.9. The fourth-order valence-corrected chi connectivity index (χ4v) is 4.04. The van der Waals surface area contributed by atoms with Gasteiger partial charge in [0.1, 0.15) is 18.0 Å². The molecule has 1 aliphatic rings. The lowest BCUT2D eigenvalue weighted by atomic mass is 9.76. The molecule has 2 aromatic rings. The molecule has 1 saturated carbocycles. The van der Waals surface area contributed by atoms with Gasteiger partial charge in [-0.15, -0.1) is 11.6 Å². The third-order valence-electron chi connectivity index (χ3n) is 5.55. The van der Waals surface area contributed by atoms with Crippen molar-refractivity contribution >= 4 is 23.7 Å². The number of hydrogen-bond donors (Lipinski definition) is 3. The highest BCUT2D eigenvalue weighted by atomic mass is 35.5. The number of aromatic amines is 1. The average molecular weight is 464 g/mol. The van der Waals surface area contributed by atoms with Crippen LogP contribution in [0.15, 0.2) is 35.1 Å². The number of hydrogen-bond acceptors (Lipinski definition) is 7. The van der Waals surface area contributed by atoms with Crippen molar-refractivity contribution in [3.63, 3.8) is 0 Å². The molecule has 0 atom stereocenters. The van der Waals surface area contributed by atoms with Crippen molar-refractivity contribution in [2.45, 2.75) is 44.8 Å². The second-order valence-corrected chi connectivity index (χ2v) is 8.01. The lowest BCUT2D eigenvalue weighted by Gasteiger charge is -2.39. The van der Waals surface area contributed by atoms with Gasteiger partial charge in [0.05, 0.1) is 6.61 Å². The van der Waals surface area contributed by atoms with E-state index in [1.807, 2.05) is 30.3 Å². The number of aromatic hydroxyl groups is 1. The van der Waals surface area contributed by atoms with Crippen LogP contribution in [0.25, 0.3) is 0 Å². The van der Waals surface area contributed by atoms with E-state index in [9.17, 15) is 19.5 Å². The zero-order chi connectivity index (χ0) is 23.1. The number of halogens is 1. The Hall–Kier alpha value is -3.07. The maximum atomic E-state index is 12.7. The maximum Gasteiger partial charge on any atom is 0.408 e. The third kappa shape index (κ3) is 5.40. The molecule has 0 bridgehead atoms. The number of alkyl carbamates (subject to hydrolysis) is 1. The molecular formula is C22H26ClN3O6. The number of carbonyl (C=O) groups excluding carboxylic acids is 2. The number of amides is 1. The molecule has 1 aromatic carbocycles. The first-order chi connectivity index (χ1) is 15.4. The monoisotopic (exact) mass is 463 g/mol. The van der Waals surface area contributed by atoms with Gasteiger partial charge >= 0.3 is 12.1 Å². The van der Waals surface area contributed by atoms with Crippen LogP contribution in [0, 0.1) is 5.92 Å². The Kier molecular flexibility index (Phi) is 7.74. The number of H-pyrrole nitrogens is 1. The molecular weight excluding hydrogens is 438 g/mol. The van der Waals surface area contributed by atoms with Crippen LogP contribution in [-0.2, 0) is 21.6 Å². The average Bonchev–Trinajstić information content (AvgIpc) is 2.80. The number of benzene rings is 1. The number of nitrogens with one attached hydrogen (secondary N) is 2. The zero-order valence-corrected chi connectivity index (χ0v) is 18.5. The molecule has 9 nitrogen and oxygen atoms in total. The standard InChI is InChI=1S/C22H26ClN3O6/c1-2-31-19(29)16-17(27)18(28)25-20(24-16)22(10-8-14(12-23)9-11-22)26-21(30)32-13-15-6-4-3-5-7-15/h3-7,14,27H,2,8-13H2,1H3,(H,26,30)(H,24,25,28). The van der Waals surface area contributed by atoms with Gasteiger partial charge in [0, 0.05) is 5.88 Å². The predicted octanol–water partition coefficient (Wildman–Crippen LogP) is 3.20. The quantitative estimate of drug-likeness (QED) is 0.424. The highest BCUT2D eigenvalue weighted by molar-refractivity contribution is 6.18. The highest BCUT2D eigenvalue weighted by Crippen LogP contribution is 2.39. The van der Waals surface area contributed by atoms with Gasteiger partial charge in [-0.1, -0.05) is 30.3 Å². The van der Waals surface area contributed by atoms with E-state index in [4.69, 9.17) is 21.1 Å². The van der Waals surface area contributed by atoms with E-state index in [1.165, 1.54) is 0 Å². The molecule has 32 heavy (non-hydrogen) atoms. The Balaban J connectivity index is 1.89. The number of alkyl halides is 1. The van der Waals surface area contributed by atoms with Gasteiger partial charge in [0.25, 0.3) is 5.56 Å². The summed E-state index contributed by atoms with van der Waals surface area (Å²) in [6.07, 6.45) is 1.48. The van der Waals surface area contributed by atoms with Crippen molar-refractivity contribution < 1.29 is 24.2 Å². The molecule has 172 valence electrons. The van der Waals surface area contributed by atoms with E-state index in [0.29, 0.717) is 31.6 Å². The Morgan fingerprint density at radius 2 is 1.94 bits per heavy atom. The number of nitrogens with zero attached hydrogens (tertiary/aromatic N) is 1. The van der Waals surface area contributed by atoms with Gasteiger partial charge in [-0.05, 0) is 44.1 Å². The summed E-state index contributed by atoms with van der Waals surface area (Å²) >= 11 is 6.01. The number of aromatic nitrogens is 2. The van der Waals surface area contributed by atoms with Gasteiger partial charge in [-0.25, -0.2) is 14.6 Å². The SMILES string of the molecule is CCOC(=O)c1nc(C2(NC(=O)OCc3ccccc3)CCC(CCl)CC2)[nH]c(=O)c1O. The molecule has 3 rings (SSSR count). The van der Waals surface area contributed by atoms with Gasteiger partial charge in [0.15, 0.2) is 5.69 Å². The van der Waals surface area contributed by atoms with Crippen LogP contribution in [0.3, 0.4) is 0 Å². The third-order valence-corrected chi connectivity index (χ3v) is 5.98. The molecule has 0 radical (unpaired) electrons. The lowest BCUT2D eigenvalue weighted by molar-refractivity contribution is 0.0513. The first-order valence-electron chi connectivity index (χ1n) is 10.4. The number of rotatable bonds is 7. The van der Waals surface area contributed by atoms with Crippen LogP contribution in [0.2, 0.25) is 0 Å². The molecule has 1 aromatic heterocycles. The summed E-state index contributed by atoms with van der Waals surface area (Å²) in [5, 5.41) is 12.9. The molecule has 10 heteroatoms. The molecule has 1 amide bonds. The topological polar surface area (TPSA) is 131 Å². The van der Waals surface area contributed by atoms with Gasteiger partial charge in [-0.3, -0.25) is 4.79 Å². The summed E-state index contributed by atoms with van der Waals surface area (Å²) in [7, 11) is 0. The molecule has 0 saturated heterocycles. The van der Waals surface area contributed by atoms with Crippen molar-refractivity contribution in [2.75, 3.05) is 12.5 Å². The van der Waals surface area contributed by atoms with Gasteiger partial charge in [-0.2, -0.15) is 0 Å². The molecule has 0 unspecified atom stereocenters. The normalized spacial score (nSPS) is 20.4. The Morgan fingerprint density at radius 3 is 2.56 bits per heavy atom. The fraction of sp³-hybridized carbons (Fsp3) is 0.455. The van der Waals surface area contributed by atoms with E-state index in [0.717, 1.165) is 5.56 Å². The smallest absolute Gasteiger partial charge is 0.408 e. The van der Waals surface area contributed by atoms with Crippen molar-refractivity contribution in [3.05, 3.63) is 57.8 Å². The highest BCUT2D eigenvalue weighted by Gasteiger charge is 2.42. The van der Waals surface area contributed by atoms with Gasteiger partial charge in [0.2, 0.25) is 5.75 Å². The van der Waals surface area contributed by atoms with E-state index < -0.39 is 34.6 Å². The Morgan fingerprint density at radius 1 is 1.25 bits per heavy atom. The first-order valence-corrected chi connectivity index (χ1v) is 11.0. The minimum Gasteiger partial charge on any atom is -0.501 e. The summed E-state index contributed by atoms with van der Waals surface area (Å²) in [6.45, 7) is 1.72. The molecule has 0 aliphatic heterocycles. The largest absolute Gasteiger partial charge is 0.501 e. The summed E-state index contributed by atoms with van der Waals surface area (Å²) in [6, 6.07) is 9.21. The van der Waals surface area contributed by atoms with E-state index in [1.54, 1.807) is 6.92 Å². The maximum absolute atomic E-state index is 12.7. The predicted molar refractivity (Wildman–Crippen MR) is 117 cm³/mol. The number of carbonyl (C=O) groups is 2. The molecule has 1 heterocycles. The Bertz CT molecular complexity index is 1000. The lowest BCUT2D eigenvalue weighted by Crippen LogP contribution is -2.50. The van der Waals surface area contributed by atoms with E-state index >= 15 is 0 Å². The minimum absolute atomic E-state index is 0.0503.